The maximum atomic E-state index is 13.1. The highest BCUT2D eigenvalue weighted by Gasteiger charge is 2.42. The zero-order valence-corrected chi connectivity index (χ0v) is 12.0. The molecule has 0 spiro atoms. The van der Waals surface area contributed by atoms with Crippen molar-refractivity contribution in [1.29, 1.82) is 0 Å². The van der Waals surface area contributed by atoms with Crippen LogP contribution in [0.15, 0.2) is 24.3 Å². The molecule has 3 N–H and O–H groups in total. The maximum Gasteiger partial charge on any atom is 0.230 e. The van der Waals surface area contributed by atoms with E-state index in [1.54, 1.807) is 12.1 Å². The van der Waals surface area contributed by atoms with E-state index in [0.717, 1.165) is 31.2 Å². The maximum absolute atomic E-state index is 13.1. The number of benzene rings is 1. The number of rotatable bonds is 6. The lowest BCUT2D eigenvalue weighted by Crippen LogP contribution is -2.43. The number of hydrogen-bond acceptors (Lipinski definition) is 2. The Labute approximate surface area is 123 Å². The lowest BCUT2D eigenvalue weighted by atomic mass is 9.78. The smallest absolute Gasteiger partial charge is 0.230 e. The number of carbonyl (C=O) groups excluding carboxylic acids is 2. The molecule has 2 amide bonds. The number of primary amides is 1. The van der Waals surface area contributed by atoms with Gasteiger partial charge in [0.05, 0.1) is 5.41 Å². The van der Waals surface area contributed by atoms with Crippen molar-refractivity contribution in [3.63, 3.8) is 0 Å². The number of carbonyl (C=O) groups is 2. The third-order valence-electron chi connectivity index (χ3n) is 4.17. The Bertz CT molecular complexity index is 508. The zero-order valence-electron chi connectivity index (χ0n) is 12.0. The molecule has 0 saturated heterocycles. The fourth-order valence-corrected chi connectivity index (χ4v) is 3.03. The second kappa shape index (κ2) is 6.70. The molecule has 5 heteroatoms. The Hall–Kier alpha value is -1.91. The second-order valence-corrected chi connectivity index (χ2v) is 5.62. The van der Waals surface area contributed by atoms with Gasteiger partial charge in [0, 0.05) is 13.0 Å². The molecular weight excluding hydrogens is 271 g/mol. The molecule has 1 aromatic carbocycles. The van der Waals surface area contributed by atoms with E-state index < -0.39 is 5.41 Å². The van der Waals surface area contributed by atoms with Crippen LogP contribution in [0, 0.1) is 5.82 Å². The van der Waals surface area contributed by atoms with E-state index in [0.29, 0.717) is 13.0 Å². The summed E-state index contributed by atoms with van der Waals surface area (Å²) in [6.45, 7) is 0.435. The molecule has 1 aromatic rings. The zero-order chi connectivity index (χ0) is 15.3. The molecule has 0 unspecified atom stereocenters. The summed E-state index contributed by atoms with van der Waals surface area (Å²) in [5, 5.41) is 2.89. The first kappa shape index (κ1) is 15.5. The standard InChI is InChI=1S/C16H21FN2O2/c17-13-7-5-12(6-8-13)16(9-1-2-10-16)15(21)19-11-3-4-14(18)20/h5-8H,1-4,9-11H2,(H2,18,20)(H,19,21). The van der Waals surface area contributed by atoms with E-state index in [4.69, 9.17) is 5.73 Å². The molecule has 0 atom stereocenters. The minimum Gasteiger partial charge on any atom is -0.370 e. The van der Waals surface area contributed by atoms with Gasteiger partial charge in [-0.1, -0.05) is 25.0 Å². The van der Waals surface area contributed by atoms with Gasteiger partial charge >= 0.3 is 0 Å². The van der Waals surface area contributed by atoms with Gasteiger partial charge in [0.25, 0.3) is 0 Å². The van der Waals surface area contributed by atoms with Crippen LogP contribution < -0.4 is 11.1 Å². The topological polar surface area (TPSA) is 72.2 Å². The van der Waals surface area contributed by atoms with Crippen LogP contribution in [0.4, 0.5) is 4.39 Å². The quantitative estimate of drug-likeness (QED) is 0.787. The minimum absolute atomic E-state index is 0.0314. The third kappa shape index (κ3) is 3.60. The molecule has 1 aliphatic rings. The molecule has 1 fully saturated rings. The largest absolute Gasteiger partial charge is 0.370 e. The average Bonchev–Trinajstić information content (AvgIpc) is 2.94. The van der Waals surface area contributed by atoms with Gasteiger partial charge in [0.2, 0.25) is 11.8 Å². The summed E-state index contributed by atoms with van der Waals surface area (Å²) < 4.78 is 13.1. The van der Waals surface area contributed by atoms with Crippen LogP contribution in [0.1, 0.15) is 44.1 Å². The number of hydrogen-bond donors (Lipinski definition) is 2. The first-order chi connectivity index (χ1) is 10.0. The third-order valence-corrected chi connectivity index (χ3v) is 4.17. The van der Waals surface area contributed by atoms with Crippen LogP contribution in [-0.4, -0.2) is 18.4 Å². The van der Waals surface area contributed by atoms with Crippen molar-refractivity contribution in [2.75, 3.05) is 6.54 Å². The fraction of sp³-hybridized carbons (Fsp3) is 0.500. The van der Waals surface area contributed by atoms with Gasteiger partial charge in [0.1, 0.15) is 5.82 Å². The SMILES string of the molecule is NC(=O)CCCNC(=O)C1(c2ccc(F)cc2)CCCC1. The Morgan fingerprint density at radius 1 is 1.19 bits per heavy atom. The summed E-state index contributed by atoms with van der Waals surface area (Å²) in [7, 11) is 0. The van der Waals surface area contributed by atoms with Crippen LogP contribution in [0.25, 0.3) is 0 Å². The molecule has 0 bridgehead atoms. The minimum atomic E-state index is -0.555. The van der Waals surface area contributed by atoms with Crippen molar-refractivity contribution in [1.82, 2.24) is 5.32 Å². The lowest BCUT2D eigenvalue weighted by molar-refractivity contribution is -0.127. The molecular formula is C16H21FN2O2. The van der Waals surface area contributed by atoms with Crippen LogP contribution in [0.3, 0.4) is 0 Å². The highest BCUT2D eigenvalue weighted by atomic mass is 19.1. The van der Waals surface area contributed by atoms with Crippen molar-refractivity contribution < 1.29 is 14.0 Å². The van der Waals surface area contributed by atoms with E-state index in [-0.39, 0.29) is 24.1 Å². The number of nitrogens with two attached hydrogens (primary N) is 1. The van der Waals surface area contributed by atoms with E-state index >= 15 is 0 Å². The molecule has 1 saturated carbocycles. The van der Waals surface area contributed by atoms with Gasteiger partial charge in [-0.15, -0.1) is 0 Å². The Balaban J connectivity index is 2.05. The van der Waals surface area contributed by atoms with E-state index in [2.05, 4.69) is 5.32 Å². The molecule has 1 aliphatic carbocycles. The van der Waals surface area contributed by atoms with Crippen LogP contribution >= 0.6 is 0 Å². The molecule has 0 heterocycles. The van der Waals surface area contributed by atoms with Crippen LogP contribution in [0.2, 0.25) is 0 Å². The summed E-state index contributed by atoms with van der Waals surface area (Å²) in [5.41, 5.74) is 5.39. The summed E-state index contributed by atoms with van der Waals surface area (Å²) >= 11 is 0. The number of halogens is 1. The van der Waals surface area contributed by atoms with Crippen LogP contribution in [-0.2, 0) is 15.0 Å². The van der Waals surface area contributed by atoms with E-state index in [9.17, 15) is 14.0 Å². The second-order valence-electron chi connectivity index (χ2n) is 5.62. The van der Waals surface area contributed by atoms with Crippen molar-refractivity contribution in [2.24, 2.45) is 5.73 Å². The van der Waals surface area contributed by atoms with Crippen molar-refractivity contribution >= 4 is 11.8 Å². The number of amides is 2. The molecule has 0 aliphatic heterocycles. The summed E-state index contributed by atoms with van der Waals surface area (Å²) in [5.74, 6) is -0.691. The summed E-state index contributed by atoms with van der Waals surface area (Å²) in [6.07, 6.45) is 4.35. The predicted octanol–water partition coefficient (Wildman–Crippen LogP) is 2.02. The van der Waals surface area contributed by atoms with Gasteiger partial charge in [-0.05, 0) is 37.0 Å². The highest BCUT2D eigenvalue weighted by Crippen LogP contribution is 2.41. The van der Waals surface area contributed by atoms with E-state index in [1.165, 1.54) is 12.1 Å². The molecule has 0 aromatic heterocycles. The molecule has 0 radical (unpaired) electrons. The molecule has 2 rings (SSSR count). The normalized spacial score (nSPS) is 16.6. The van der Waals surface area contributed by atoms with Gasteiger partial charge in [0.15, 0.2) is 0 Å². The Morgan fingerprint density at radius 3 is 2.38 bits per heavy atom. The van der Waals surface area contributed by atoms with E-state index in [1.807, 2.05) is 0 Å². The average molecular weight is 292 g/mol. The Kier molecular flexibility index (Phi) is 4.94. The van der Waals surface area contributed by atoms with Crippen LogP contribution in [0.5, 0.6) is 0 Å². The van der Waals surface area contributed by atoms with Crippen molar-refractivity contribution in [2.45, 2.75) is 43.9 Å². The van der Waals surface area contributed by atoms with Gasteiger partial charge in [-0.3, -0.25) is 9.59 Å². The lowest BCUT2D eigenvalue weighted by Gasteiger charge is -2.28. The van der Waals surface area contributed by atoms with Gasteiger partial charge < -0.3 is 11.1 Å². The molecule has 114 valence electrons. The fourth-order valence-electron chi connectivity index (χ4n) is 3.03. The van der Waals surface area contributed by atoms with Gasteiger partial charge in [-0.2, -0.15) is 0 Å². The van der Waals surface area contributed by atoms with Gasteiger partial charge in [-0.25, -0.2) is 4.39 Å². The predicted molar refractivity (Wildman–Crippen MR) is 78.0 cm³/mol. The molecule has 21 heavy (non-hydrogen) atoms. The summed E-state index contributed by atoms with van der Waals surface area (Å²) in [4.78, 5) is 23.3. The highest BCUT2D eigenvalue weighted by molar-refractivity contribution is 5.88. The van der Waals surface area contributed by atoms with Crippen molar-refractivity contribution in [3.8, 4) is 0 Å². The summed E-state index contributed by atoms with van der Waals surface area (Å²) in [6, 6.07) is 6.19. The number of nitrogens with one attached hydrogen (secondary N) is 1. The first-order valence-electron chi connectivity index (χ1n) is 7.37. The monoisotopic (exact) mass is 292 g/mol. The molecule has 4 nitrogen and oxygen atoms in total. The van der Waals surface area contributed by atoms with Crippen molar-refractivity contribution in [3.05, 3.63) is 35.6 Å². The Morgan fingerprint density at radius 2 is 1.81 bits per heavy atom. The first-order valence-corrected chi connectivity index (χ1v) is 7.37.